The quantitative estimate of drug-likeness (QED) is 0.666. The van der Waals surface area contributed by atoms with Gasteiger partial charge in [0.1, 0.15) is 11.5 Å². The summed E-state index contributed by atoms with van der Waals surface area (Å²) >= 11 is 0. The summed E-state index contributed by atoms with van der Waals surface area (Å²) in [5, 5.41) is 5.57. The Balaban J connectivity index is 1.63. The highest BCUT2D eigenvalue weighted by Gasteiger charge is 2.13. The Morgan fingerprint density at radius 1 is 1.00 bits per heavy atom. The maximum Gasteiger partial charge on any atom is 0.269 e. The number of pyridine rings is 1. The maximum absolute atomic E-state index is 13.6. The minimum absolute atomic E-state index is 0.132. The summed E-state index contributed by atoms with van der Waals surface area (Å²) in [5.74, 6) is -1.03. The van der Waals surface area contributed by atoms with Gasteiger partial charge in [0.05, 0.1) is 0 Å². The molecule has 2 N–H and O–H groups in total. The molecule has 6 heteroatoms. The van der Waals surface area contributed by atoms with Gasteiger partial charge in [0.2, 0.25) is 0 Å². The molecule has 5 nitrogen and oxygen atoms in total. The number of aromatic nitrogens is 1. The van der Waals surface area contributed by atoms with E-state index in [1.165, 1.54) is 18.3 Å². The van der Waals surface area contributed by atoms with E-state index in [1.54, 1.807) is 24.3 Å². The van der Waals surface area contributed by atoms with Gasteiger partial charge in [-0.3, -0.25) is 14.6 Å². The second-order valence-electron chi connectivity index (χ2n) is 6.73. The van der Waals surface area contributed by atoms with E-state index in [4.69, 9.17) is 0 Å². The first-order chi connectivity index (χ1) is 14.0. The number of amides is 2. The van der Waals surface area contributed by atoms with Crippen LogP contribution in [0.25, 0.3) is 0 Å². The molecule has 0 aliphatic rings. The van der Waals surface area contributed by atoms with E-state index in [0.29, 0.717) is 17.5 Å². The van der Waals surface area contributed by atoms with E-state index in [-0.39, 0.29) is 24.0 Å². The number of hydrogen-bond donors (Lipinski definition) is 2. The molecule has 148 valence electrons. The van der Waals surface area contributed by atoms with Crippen molar-refractivity contribution in [1.82, 2.24) is 10.3 Å². The van der Waals surface area contributed by atoms with Gasteiger partial charge in [-0.2, -0.15) is 0 Å². The van der Waals surface area contributed by atoms with Crippen molar-refractivity contribution in [2.45, 2.75) is 20.3 Å². The van der Waals surface area contributed by atoms with Crippen LogP contribution in [0.2, 0.25) is 0 Å². The molecule has 0 saturated heterocycles. The number of aryl methyl sites for hydroxylation is 1. The summed E-state index contributed by atoms with van der Waals surface area (Å²) in [6.45, 7) is 4.17. The Labute approximate surface area is 169 Å². The van der Waals surface area contributed by atoms with Crippen molar-refractivity contribution in [2.75, 3.05) is 11.9 Å². The first-order valence-electron chi connectivity index (χ1n) is 9.31. The first-order valence-corrected chi connectivity index (χ1v) is 9.31. The Bertz CT molecular complexity index is 1050. The molecule has 0 fully saturated rings. The third-order valence-corrected chi connectivity index (χ3v) is 4.75. The average Bonchev–Trinajstić information content (AvgIpc) is 2.73. The molecule has 3 aromatic rings. The molecular formula is C23H22FN3O2. The highest BCUT2D eigenvalue weighted by Crippen LogP contribution is 2.19. The Morgan fingerprint density at radius 3 is 2.59 bits per heavy atom. The van der Waals surface area contributed by atoms with Gasteiger partial charge >= 0.3 is 0 Å². The van der Waals surface area contributed by atoms with Crippen molar-refractivity contribution in [3.8, 4) is 0 Å². The molecular weight excluding hydrogens is 369 g/mol. The lowest BCUT2D eigenvalue weighted by Crippen LogP contribution is -2.27. The Morgan fingerprint density at radius 2 is 1.79 bits per heavy atom. The number of halogens is 1. The fraction of sp³-hybridized carbons (Fsp3) is 0.174. The number of nitrogens with zero attached hydrogens (tertiary/aromatic N) is 1. The predicted octanol–water partition coefficient (Wildman–Crippen LogP) is 4.06. The molecule has 2 aromatic carbocycles. The van der Waals surface area contributed by atoms with Crippen LogP contribution in [0, 0.1) is 19.7 Å². The second-order valence-corrected chi connectivity index (χ2v) is 6.73. The monoisotopic (exact) mass is 391 g/mol. The third kappa shape index (κ3) is 5.04. The van der Waals surface area contributed by atoms with E-state index >= 15 is 0 Å². The number of rotatable bonds is 6. The maximum atomic E-state index is 13.6. The van der Waals surface area contributed by atoms with Crippen molar-refractivity contribution in [2.24, 2.45) is 0 Å². The van der Waals surface area contributed by atoms with Gasteiger partial charge in [0, 0.05) is 24.0 Å². The van der Waals surface area contributed by atoms with Crippen LogP contribution in [0.3, 0.4) is 0 Å². The van der Waals surface area contributed by atoms with Crippen molar-refractivity contribution in [3.63, 3.8) is 0 Å². The van der Waals surface area contributed by atoms with Crippen molar-refractivity contribution in [3.05, 3.63) is 94.6 Å². The number of carbonyl (C=O) groups excluding carboxylic acids is 2. The smallest absolute Gasteiger partial charge is 0.269 e. The topological polar surface area (TPSA) is 71.1 Å². The SMILES string of the molecule is Cc1cccc(NC(=O)c2ccnc(C(=O)NCCc3ccccc3F)c2)c1C. The number of anilines is 1. The minimum Gasteiger partial charge on any atom is -0.350 e. The van der Waals surface area contributed by atoms with E-state index in [0.717, 1.165) is 16.8 Å². The molecule has 29 heavy (non-hydrogen) atoms. The highest BCUT2D eigenvalue weighted by atomic mass is 19.1. The van der Waals surface area contributed by atoms with Gasteiger partial charge in [-0.25, -0.2) is 4.39 Å². The van der Waals surface area contributed by atoms with E-state index in [2.05, 4.69) is 15.6 Å². The Kier molecular flexibility index (Phi) is 6.34. The lowest BCUT2D eigenvalue weighted by molar-refractivity contribution is 0.0949. The van der Waals surface area contributed by atoms with Gasteiger partial charge in [0.15, 0.2) is 0 Å². The second kappa shape index (κ2) is 9.10. The Hall–Kier alpha value is -3.54. The van der Waals surface area contributed by atoms with E-state index < -0.39 is 5.91 Å². The van der Waals surface area contributed by atoms with Gasteiger partial charge in [-0.1, -0.05) is 30.3 Å². The summed E-state index contributed by atoms with van der Waals surface area (Å²) < 4.78 is 13.6. The van der Waals surface area contributed by atoms with Crippen LogP contribution in [-0.4, -0.2) is 23.3 Å². The number of nitrogens with one attached hydrogen (secondary N) is 2. The minimum atomic E-state index is -0.414. The zero-order chi connectivity index (χ0) is 20.8. The van der Waals surface area contributed by atoms with Gasteiger partial charge in [0.25, 0.3) is 11.8 Å². The third-order valence-electron chi connectivity index (χ3n) is 4.75. The van der Waals surface area contributed by atoms with Crippen LogP contribution in [0.4, 0.5) is 10.1 Å². The van der Waals surface area contributed by atoms with E-state index in [1.807, 2.05) is 32.0 Å². The molecule has 1 heterocycles. The summed E-state index contributed by atoms with van der Waals surface area (Å²) in [5.41, 5.74) is 3.78. The van der Waals surface area contributed by atoms with Gasteiger partial charge in [-0.15, -0.1) is 0 Å². The lowest BCUT2D eigenvalue weighted by Gasteiger charge is -2.11. The molecule has 0 aliphatic carbocycles. The van der Waals surface area contributed by atoms with Crippen molar-refractivity contribution in [1.29, 1.82) is 0 Å². The largest absolute Gasteiger partial charge is 0.350 e. The standard InChI is InChI=1S/C23H22FN3O2/c1-15-6-5-9-20(16(15)2)27-22(28)18-11-12-25-21(14-18)23(29)26-13-10-17-7-3-4-8-19(17)24/h3-9,11-12,14H,10,13H2,1-2H3,(H,26,29)(H,27,28). The molecule has 0 unspecified atom stereocenters. The molecule has 0 bridgehead atoms. The molecule has 2 amide bonds. The van der Waals surface area contributed by atoms with Crippen molar-refractivity contribution >= 4 is 17.5 Å². The molecule has 0 aliphatic heterocycles. The lowest BCUT2D eigenvalue weighted by atomic mass is 10.1. The summed E-state index contributed by atoms with van der Waals surface area (Å²) in [6, 6.07) is 15.1. The number of carbonyl (C=O) groups is 2. The molecule has 0 saturated carbocycles. The molecule has 1 aromatic heterocycles. The normalized spacial score (nSPS) is 10.4. The van der Waals surface area contributed by atoms with Crippen LogP contribution in [0.5, 0.6) is 0 Å². The fourth-order valence-electron chi connectivity index (χ4n) is 2.88. The molecule has 0 atom stereocenters. The highest BCUT2D eigenvalue weighted by molar-refractivity contribution is 6.06. The first kappa shape index (κ1) is 20.2. The number of benzene rings is 2. The molecule has 3 rings (SSSR count). The zero-order valence-electron chi connectivity index (χ0n) is 16.3. The van der Waals surface area contributed by atoms with Crippen LogP contribution >= 0.6 is 0 Å². The summed E-state index contributed by atoms with van der Waals surface area (Å²) in [6.07, 6.45) is 1.79. The van der Waals surface area contributed by atoms with E-state index in [9.17, 15) is 14.0 Å². The molecule has 0 spiro atoms. The molecule has 0 radical (unpaired) electrons. The zero-order valence-corrected chi connectivity index (χ0v) is 16.3. The fourth-order valence-corrected chi connectivity index (χ4v) is 2.88. The summed E-state index contributed by atoms with van der Waals surface area (Å²) in [7, 11) is 0. The summed E-state index contributed by atoms with van der Waals surface area (Å²) in [4.78, 5) is 29.0. The number of hydrogen-bond acceptors (Lipinski definition) is 3. The predicted molar refractivity (Wildman–Crippen MR) is 111 cm³/mol. The van der Waals surface area contributed by atoms with Crippen LogP contribution in [0.15, 0.2) is 60.8 Å². The van der Waals surface area contributed by atoms with Crippen LogP contribution in [0.1, 0.15) is 37.5 Å². The average molecular weight is 391 g/mol. The van der Waals surface area contributed by atoms with Crippen LogP contribution in [-0.2, 0) is 6.42 Å². The van der Waals surface area contributed by atoms with Crippen molar-refractivity contribution < 1.29 is 14.0 Å². The van der Waals surface area contributed by atoms with Crippen LogP contribution < -0.4 is 10.6 Å². The van der Waals surface area contributed by atoms with Gasteiger partial charge in [-0.05, 0) is 61.2 Å². The van der Waals surface area contributed by atoms with Gasteiger partial charge < -0.3 is 10.6 Å².